The number of nitrogens with zero attached hydrogens (tertiary/aromatic N) is 1. The second-order valence-electron chi connectivity index (χ2n) is 4.83. The highest BCUT2D eigenvalue weighted by Crippen LogP contribution is 2.38. The van der Waals surface area contributed by atoms with Crippen molar-refractivity contribution in [3.05, 3.63) is 18.2 Å². The molecule has 0 saturated carbocycles. The molecule has 0 aliphatic carbocycles. The molecule has 2 atom stereocenters. The SMILES string of the molecule is CN1CCC[C@H]1[C@H]1COc2c(N)cccc2O1. The number of likely N-dealkylation sites (tertiary alicyclic amines) is 1. The van der Waals surface area contributed by atoms with E-state index < -0.39 is 0 Å². The van der Waals surface area contributed by atoms with Crippen LogP contribution in [0.25, 0.3) is 0 Å². The van der Waals surface area contributed by atoms with Gasteiger partial charge in [0.25, 0.3) is 0 Å². The number of anilines is 1. The summed E-state index contributed by atoms with van der Waals surface area (Å²) in [6, 6.07) is 6.12. The Hall–Kier alpha value is -1.42. The predicted octanol–water partition coefficient (Wildman–Crippen LogP) is 1.50. The molecule has 1 saturated heterocycles. The summed E-state index contributed by atoms with van der Waals surface area (Å²) in [6.45, 7) is 1.74. The Bertz CT molecular complexity index is 422. The number of fused-ring (bicyclic) bond motifs is 1. The Morgan fingerprint density at radius 1 is 1.41 bits per heavy atom. The molecule has 4 nitrogen and oxygen atoms in total. The first-order valence-corrected chi connectivity index (χ1v) is 6.14. The fourth-order valence-corrected chi connectivity index (χ4v) is 2.74. The highest BCUT2D eigenvalue weighted by atomic mass is 16.6. The summed E-state index contributed by atoms with van der Waals surface area (Å²) in [5.74, 6) is 1.48. The lowest BCUT2D eigenvalue weighted by Crippen LogP contribution is -2.45. The second-order valence-corrected chi connectivity index (χ2v) is 4.83. The average molecular weight is 234 g/mol. The van der Waals surface area contributed by atoms with Crippen molar-refractivity contribution in [3.63, 3.8) is 0 Å². The standard InChI is InChI=1S/C13H18N2O2/c1-15-7-3-5-10(15)12-8-16-13-9(14)4-2-6-11(13)17-12/h2,4,6,10,12H,3,5,7-8,14H2,1H3/t10-,12+/m0/s1. The van der Waals surface area contributed by atoms with Gasteiger partial charge in [-0.25, -0.2) is 0 Å². The van der Waals surface area contributed by atoms with Gasteiger partial charge in [-0.3, -0.25) is 4.90 Å². The molecule has 0 radical (unpaired) electrons. The van der Waals surface area contributed by atoms with Crippen molar-refractivity contribution in [2.24, 2.45) is 0 Å². The van der Waals surface area contributed by atoms with E-state index in [1.54, 1.807) is 0 Å². The Kier molecular flexibility index (Phi) is 2.59. The molecule has 4 heteroatoms. The fraction of sp³-hybridized carbons (Fsp3) is 0.538. The zero-order valence-corrected chi connectivity index (χ0v) is 10.1. The molecule has 0 spiro atoms. The normalized spacial score (nSPS) is 28.3. The first-order valence-electron chi connectivity index (χ1n) is 6.14. The lowest BCUT2D eigenvalue weighted by molar-refractivity contribution is 0.0374. The van der Waals surface area contributed by atoms with Crippen LogP contribution in [-0.2, 0) is 0 Å². The Morgan fingerprint density at radius 3 is 3.06 bits per heavy atom. The van der Waals surface area contributed by atoms with Crippen molar-refractivity contribution >= 4 is 5.69 Å². The second kappa shape index (κ2) is 4.11. The molecule has 92 valence electrons. The van der Waals surface area contributed by atoms with Crippen LogP contribution in [0.15, 0.2) is 18.2 Å². The van der Waals surface area contributed by atoms with E-state index in [0.717, 1.165) is 12.3 Å². The topological polar surface area (TPSA) is 47.7 Å². The summed E-state index contributed by atoms with van der Waals surface area (Å²) in [5, 5.41) is 0. The molecule has 1 aromatic rings. The number of nitrogen functional groups attached to an aromatic ring is 1. The number of benzene rings is 1. The Morgan fingerprint density at radius 2 is 2.29 bits per heavy atom. The van der Waals surface area contributed by atoms with Gasteiger partial charge in [0.15, 0.2) is 11.5 Å². The summed E-state index contributed by atoms with van der Waals surface area (Å²) in [6.07, 6.45) is 2.55. The third-order valence-electron chi connectivity index (χ3n) is 3.69. The number of likely N-dealkylation sites (N-methyl/N-ethyl adjacent to an activating group) is 1. The highest BCUT2D eigenvalue weighted by Gasteiger charge is 2.34. The van der Waals surface area contributed by atoms with Gasteiger partial charge in [0.05, 0.1) is 5.69 Å². The minimum atomic E-state index is 0.122. The fourth-order valence-electron chi connectivity index (χ4n) is 2.74. The molecule has 0 aromatic heterocycles. The van der Waals surface area contributed by atoms with Gasteiger partial charge in [-0.2, -0.15) is 0 Å². The first-order chi connectivity index (χ1) is 8.25. The van der Waals surface area contributed by atoms with Gasteiger partial charge in [0, 0.05) is 6.04 Å². The van der Waals surface area contributed by atoms with Crippen LogP contribution in [0.5, 0.6) is 11.5 Å². The molecule has 0 bridgehead atoms. The van der Waals surface area contributed by atoms with Crippen LogP contribution in [0.4, 0.5) is 5.69 Å². The average Bonchev–Trinajstić information content (AvgIpc) is 2.75. The van der Waals surface area contributed by atoms with Gasteiger partial charge >= 0.3 is 0 Å². The zero-order valence-electron chi connectivity index (χ0n) is 10.1. The van der Waals surface area contributed by atoms with Crippen molar-refractivity contribution in [2.75, 3.05) is 25.9 Å². The van der Waals surface area contributed by atoms with Crippen molar-refractivity contribution in [1.29, 1.82) is 0 Å². The summed E-state index contributed by atoms with van der Waals surface area (Å²) < 4.78 is 11.8. The molecular weight excluding hydrogens is 216 g/mol. The van der Waals surface area contributed by atoms with Gasteiger partial charge in [-0.05, 0) is 38.6 Å². The molecular formula is C13H18N2O2. The van der Waals surface area contributed by atoms with E-state index in [9.17, 15) is 0 Å². The predicted molar refractivity (Wildman–Crippen MR) is 66.4 cm³/mol. The molecule has 1 aromatic carbocycles. The van der Waals surface area contributed by atoms with Crippen molar-refractivity contribution in [1.82, 2.24) is 4.90 Å². The van der Waals surface area contributed by atoms with E-state index in [4.69, 9.17) is 15.2 Å². The summed E-state index contributed by atoms with van der Waals surface area (Å²) in [4.78, 5) is 2.35. The lowest BCUT2D eigenvalue weighted by atomic mass is 10.1. The summed E-state index contributed by atoms with van der Waals surface area (Å²) >= 11 is 0. The molecule has 2 N–H and O–H groups in total. The number of hydrogen-bond donors (Lipinski definition) is 1. The van der Waals surface area contributed by atoms with E-state index in [2.05, 4.69) is 11.9 Å². The van der Waals surface area contributed by atoms with Gasteiger partial charge in [-0.1, -0.05) is 6.07 Å². The third-order valence-corrected chi connectivity index (χ3v) is 3.69. The van der Waals surface area contributed by atoms with E-state index in [1.807, 2.05) is 18.2 Å². The largest absolute Gasteiger partial charge is 0.484 e. The summed E-state index contributed by atoms with van der Waals surface area (Å²) in [5.41, 5.74) is 6.51. The minimum absolute atomic E-state index is 0.122. The number of nitrogens with two attached hydrogens (primary N) is 1. The molecule has 0 amide bonds. The van der Waals surface area contributed by atoms with E-state index in [0.29, 0.717) is 24.1 Å². The van der Waals surface area contributed by atoms with Crippen LogP contribution in [0.2, 0.25) is 0 Å². The maximum atomic E-state index is 6.02. The smallest absolute Gasteiger partial charge is 0.184 e. The van der Waals surface area contributed by atoms with Crippen LogP contribution < -0.4 is 15.2 Å². The molecule has 1 fully saturated rings. The molecule has 2 aliphatic heterocycles. The van der Waals surface area contributed by atoms with Gasteiger partial charge in [-0.15, -0.1) is 0 Å². The molecule has 2 heterocycles. The van der Waals surface area contributed by atoms with Crippen molar-refractivity contribution in [2.45, 2.75) is 25.0 Å². The van der Waals surface area contributed by atoms with E-state index in [-0.39, 0.29) is 6.10 Å². The third kappa shape index (κ3) is 1.82. The number of para-hydroxylation sites is 1. The van der Waals surface area contributed by atoms with Crippen molar-refractivity contribution < 1.29 is 9.47 Å². The maximum absolute atomic E-state index is 6.02. The molecule has 0 unspecified atom stereocenters. The van der Waals surface area contributed by atoms with E-state index in [1.165, 1.54) is 12.8 Å². The van der Waals surface area contributed by atoms with E-state index >= 15 is 0 Å². The lowest BCUT2D eigenvalue weighted by Gasteiger charge is -2.33. The van der Waals surface area contributed by atoms with Crippen LogP contribution in [0, 0.1) is 0 Å². The van der Waals surface area contributed by atoms with Gasteiger partial charge in [0.2, 0.25) is 0 Å². The van der Waals surface area contributed by atoms with Crippen LogP contribution in [0.3, 0.4) is 0 Å². The Labute approximate surface area is 101 Å². The highest BCUT2D eigenvalue weighted by molar-refractivity contribution is 5.60. The minimum Gasteiger partial charge on any atom is -0.484 e. The molecule has 3 rings (SSSR count). The molecule has 17 heavy (non-hydrogen) atoms. The first kappa shape index (κ1) is 10.7. The van der Waals surface area contributed by atoms with Gasteiger partial charge in [0.1, 0.15) is 12.7 Å². The number of hydrogen-bond acceptors (Lipinski definition) is 4. The quantitative estimate of drug-likeness (QED) is 0.748. The van der Waals surface area contributed by atoms with Crippen LogP contribution in [0.1, 0.15) is 12.8 Å². The summed E-state index contributed by atoms with van der Waals surface area (Å²) in [7, 11) is 2.15. The Balaban J connectivity index is 1.81. The van der Waals surface area contributed by atoms with Gasteiger partial charge < -0.3 is 15.2 Å². The monoisotopic (exact) mass is 234 g/mol. The van der Waals surface area contributed by atoms with Crippen LogP contribution >= 0.6 is 0 Å². The van der Waals surface area contributed by atoms with Crippen molar-refractivity contribution in [3.8, 4) is 11.5 Å². The molecule has 2 aliphatic rings. The zero-order chi connectivity index (χ0) is 11.8. The number of rotatable bonds is 1. The maximum Gasteiger partial charge on any atom is 0.184 e. The van der Waals surface area contributed by atoms with Crippen LogP contribution in [-0.4, -0.2) is 37.2 Å². The number of ether oxygens (including phenoxy) is 2.